The van der Waals surface area contributed by atoms with Crippen molar-refractivity contribution >= 4 is 58.4 Å². The first kappa shape index (κ1) is 39.9. The number of halogens is 4. The molecule has 0 amide bonds. The molecule has 2 atom stereocenters. The minimum absolute atomic E-state index is 0. The summed E-state index contributed by atoms with van der Waals surface area (Å²) in [6, 6.07) is 17.2. The molecule has 12 heteroatoms. The molecule has 2 aromatic heterocycles. The second kappa shape index (κ2) is 18.0. The predicted molar refractivity (Wildman–Crippen MR) is 185 cm³/mol. The van der Waals surface area contributed by atoms with Crippen molar-refractivity contribution in [3.05, 3.63) is 111 Å². The Hall–Kier alpha value is -0.929. The Morgan fingerprint density at radius 3 is 1.67 bits per heavy atom. The van der Waals surface area contributed by atoms with E-state index in [0.717, 1.165) is 87.6 Å². The number of carbonyl (C=O) groups is 2. The fourth-order valence-corrected chi connectivity index (χ4v) is 8.21. The van der Waals surface area contributed by atoms with E-state index in [4.69, 9.17) is 9.47 Å². The van der Waals surface area contributed by atoms with E-state index < -0.39 is 7.27 Å². The number of ether oxygens (including phenoxy) is 2. The number of hydrogen-bond donors (Lipinski definition) is 0. The summed E-state index contributed by atoms with van der Waals surface area (Å²) in [6.45, 7) is 5.61. The quantitative estimate of drug-likeness (QED) is 0.217. The minimum Gasteiger partial charge on any atom is -1.00 e. The van der Waals surface area contributed by atoms with Gasteiger partial charge in [0.05, 0.1) is 23.0 Å². The molecule has 4 heterocycles. The fraction of sp³-hybridized carbons (Fsp3) is 0.389. The summed E-state index contributed by atoms with van der Waals surface area (Å²) in [6.07, 6.45) is 7.85. The zero-order chi connectivity index (χ0) is 32.4. The molecule has 8 rings (SSSR count). The number of benzene rings is 2. The van der Waals surface area contributed by atoms with E-state index in [9.17, 15) is 18.2 Å². The predicted octanol–water partition coefficient (Wildman–Crippen LogP) is 4.29. The van der Waals surface area contributed by atoms with Crippen LogP contribution in [-0.4, -0.2) is 33.1 Å². The Kier molecular flexibility index (Phi) is 15.0. The van der Waals surface area contributed by atoms with Crippen LogP contribution in [0.5, 0.6) is 0 Å². The van der Waals surface area contributed by atoms with Gasteiger partial charge in [-0.1, -0.05) is 53.0 Å². The number of aldehydes is 2. The average molecular weight is 784 g/mol. The van der Waals surface area contributed by atoms with Crippen molar-refractivity contribution in [2.45, 2.75) is 76.3 Å². The molecule has 0 bridgehead atoms. The molecule has 2 aromatic carbocycles. The van der Waals surface area contributed by atoms with Crippen molar-refractivity contribution < 1.29 is 83.8 Å². The van der Waals surface area contributed by atoms with Crippen LogP contribution in [0, 0.1) is 13.8 Å². The van der Waals surface area contributed by atoms with Crippen LogP contribution in [0.1, 0.15) is 112 Å². The third kappa shape index (κ3) is 9.69. The van der Waals surface area contributed by atoms with E-state index >= 15 is 0 Å². The summed E-state index contributed by atoms with van der Waals surface area (Å²) in [5, 5.41) is 0. The van der Waals surface area contributed by atoms with E-state index in [-0.39, 0.29) is 74.1 Å². The van der Waals surface area contributed by atoms with Gasteiger partial charge in [-0.15, -0.1) is 22.7 Å². The second-order valence-electron chi connectivity index (χ2n) is 12.3. The fourth-order valence-electron chi connectivity index (χ4n) is 6.09. The van der Waals surface area contributed by atoms with E-state index in [0.29, 0.717) is 0 Å². The van der Waals surface area contributed by atoms with Crippen LogP contribution in [0.2, 0.25) is 5.82 Å². The second-order valence-corrected chi connectivity index (χ2v) is 15.8. The average Bonchev–Trinajstić information content (AvgIpc) is 4.00. The Balaban J connectivity index is 0.000000179. The van der Waals surface area contributed by atoms with Gasteiger partial charge in [-0.25, -0.2) is 0 Å². The molecule has 4 aromatic rings. The number of aryl methyl sites for hydroxylation is 2. The first-order valence-electron chi connectivity index (χ1n) is 15.8. The van der Waals surface area contributed by atoms with Gasteiger partial charge in [-0.3, -0.25) is 18.2 Å². The molecule has 2 saturated carbocycles. The van der Waals surface area contributed by atoms with Crippen molar-refractivity contribution in [3.63, 3.8) is 0 Å². The SMILES string of the molecule is Cc1sc(C=O)cc1C1OCCc2ccc(Br)cc21.Cc1sc(C=O)cc1C1OCCc2ccc(C3CC3)cc21.FB(F)C1CC1.[F-].[K+]. The van der Waals surface area contributed by atoms with Crippen molar-refractivity contribution in [1.82, 2.24) is 0 Å². The van der Waals surface area contributed by atoms with Gasteiger partial charge in [-0.2, -0.15) is 0 Å². The molecule has 0 N–H and O–H groups in total. The zero-order valence-corrected chi connectivity index (χ0v) is 33.6. The van der Waals surface area contributed by atoms with Gasteiger partial charge in [-0.05, 0) is 109 Å². The molecule has 0 spiro atoms. The van der Waals surface area contributed by atoms with Crippen molar-refractivity contribution in [1.29, 1.82) is 0 Å². The first-order valence-corrected chi connectivity index (χ1v) is 18.2. The van der Waals surface area contributed by atoms with Gasteiger partial charge in [0.1, 0.15) is 12.2 Å². The number of fused-ring (bicyclic) bond motifs is 2. The van der Waals surface area contributed by atoms with Crippen molar-refractivity contribution in [2.24, 2.45) is 0 Å². The number of hydrogen-bond acceptors (Lipinski definition) is 6. The van der Waals surface area contributed by atoms with Gasteiger partial charge < -0.3 is 14.2 Å². The Morgan fingerprint density at radius 1 is 0.750 bits per heavy atom. The van der Waals surface area contributed by atoms with Crippen LogP contribution in [0.3, 0.4) is 0 Å². The maximum Gasteiger partial charge on any atom is 1.00 e. The molecular weight excluding hydrogens is 747 g/mol. The molecule has 2 unspecified atom stereocenters. The molecule has 2 aliphatic heterocycles. The summed E-state index contributed by atoms with van der Waals surface area (Å²) >= 11 is 6.60. The van der Waals surface area contributed by atoms with E-state index in [1.807, 2.05) is 19.1 Å². The van der Waals surface area contributed by atoms with Crippen LogP contribution in [0.25, 0.3) is 0 Å². The van der Waals surface area contributed by atoms with Crippen molar-refractivity contribution in [3.8, 4) is 0 Å². The van der Waals surface area contributed by atoms with E-state index in [1.165, 1.54) is 56.9 Å². The van der Waals surface area contributed by atoms with Gasteiger partial charge >= 0.3 is 58.7 Å². The normalized spacial score (nSPS) is 19.0. The third-order valence-corrected chi connectivity index (χ3v) is 11.4. The number of thiophene rings is 2. The molecule has 2 fully saturated rings. The molecule has 248 valence electrons. The van der Waals surface area contributed by atoms with Gasteiger partial charge in [0, 0.05) is 20.0 Å². The summed E-state index contributed by atoms with van der Waals surface area (Å²) in [5.41, 5.74) is 8.98. The van der Waals surface area contributed by atoms with Crippen LogP contribution in [0.15, 0.2) is 53.0 Å². The summed E-state index contributed by atoms with van der Waals surface area (Å²) in [7, 11) is -2.04. The standard InChI is InChI=1S/C18H18O2S.C15H13BrO2S.C3H5BF2.FH.K/c1-11-16(9-15(10-19)21-11)18-17-8-14(12-2-3-12)5-4-13(17)6-7-20-18;1-9-13(7-12(8-17)19-9)15-14-6-11(16)3-2-10(14)4-5-18-15;5-4(6)3-1-2-3;;/h4-5,8-10,12,18H,2-3,6-7H2,1H3;2-3,6-8,15H,4-5H2,1H3;3H,1-2H2;1H;/q;;;;+1/p-1. The topological polar surface area (TPSA) is 52.6 Å². The van der Waals surface area contributed by atoms with Crippen LogP contribution in [-0.2, 0) is 22.3 Å². The summed E-state index contributed by atoms with van der Waals surface area (Å²) in [4.78, 5) is 25.8. The van der Waals surface area contributed by atoms with E-state index in [1.54, 1.807) is 11.3 Å². The van der Waals surface area contributed by atoms with Crippen LogP contribution < -0.4 is 56.1 Å². The monoisotopic (exact) mass is 782 g/mol. The molecule has 4 nitrogen and oxygen atoms in total. The molecule has 4 aliphatic rings. The Morgan fingerprint density at radius 2 is 1.25 bits per heavy atom. The minimum atomic E-state index is -2.04. The largest absolute Gasteiger partial charge is 1.00 e. The molecule has 48 heavy (non-hydrogen) atoms. The zero-order valence-electron chi connectivity index (χ0n) is 27.3. The van der Waals surface area contributed by atoms with Gasteiger partial charge in [0.25, 0.3) is 0 Å². The smallest absolute Gasteiger partial charge is 1.00 e. The van der Waals surface area contributed by atoms with Crippen LogP contribution >= 0.6 is 38.6 Å². The maximum absolute atomic E-state index is 11.2. The number of carbonyl (C=O) groups excluding carboxylic acids is 2. The van der Waals surface area contributed by atoms with Crippen molar-refractivity contribution in [2.75, 3.05) is 13.2 Å². The summed E-state index contributed by atoms with van der Waals surface area (Å²) < 4.78 is 35.5. The number of rotatable bonds is 6. The van der Waals surface area contributed by atoms with E-state index in [2.05, 4.69) is 59.3 Å². The molecule has 0 saturated heterocycles. The Labute approximate surface area is 339 Å². The molecule has 2 aliphatic carbocycles. The van der Waals surface area contributed by atoms with Crippen LogP contribution in [0.4, 0.5) is 8.63 Å². The van der Waals surface area contributed by atoms with Gasteiger partial charge in [0.2, 0.25) is 0 Å². The first-order chi connectivity index (χ1) is 22.2. The molecular formula is C36H36BBrF3KO4S2. The third-order valence-electron chi connectivity index (χ3n) is 8.93. The Bertz CT molecular complexity index is 1720. The molecule has 0 radical (unpaired) electrons. The summed E-state index contributed by atoms with van der Waals surface area (Å²) in [5.74, 6) is 0.525. The van der Waals surface area contributed by atoms with Gasteiger partial charge in [0.15, 0.2) is 12.6 Å². The maximum atomic E-state index is 11.2.